The van der Waals surface area contributed by atoms with E-state index in [4.69, 9.17) is 4.74 Å². The topological polar surface area (TPSA) is 29.5 Å². The van der Waals surface area contributed by atoms with Crippen LogP contribution in [0.25, 0.3) is 0 Å². The van der Waals surface area contributed by atoms with E-state index in [-0.39, 0.29) is 5.60 Å². The fraction of sp³-hybridized carbons (Fsp3) is 0.455. The second-order valence-electron chi connectivity index (χ2n) is 4.07. The summed E-state index contributed by atoms with van der Waals surface area (Å²) in [5, 5.41) is 9.77. The van der Waals surface area contributed by atoms with E-state index in [9.17, 15) is 5.11 Å². The van der Waals surface area contributed by atoms with Crippen LogP contribution in [0.5, 0.6) is 0 Å². The van der Waals surface area contributed by atoms with E-state index in [1.165, 1.54) is 0 Å². The Hall–Kier alpha value is -0.380. The van der Waals surface area contributed by atoms with Gasteiger partial charge in [-0.05, 0) is 37.1 Å². The van der Waals surface area contributed by atoms with Crippen molar-refractivity contribution in [3.63, 3.8) is 0 Å². The van der Waals surface area contributed by atoms with Gasteiger partial charge in [0, 0.05) is 4.47 Å². The molecule has 76 valence electrons. The highest BCUT2D eigenvalue weighted by Crippen LogP contribution is 2.37. The lowest BCUT2D eigenvalue weighted by Crippen LogP contribution is -2.31. The standard InChI is InChI=1S/C11H13BrO2/c1-11(2)9-4-3-7(12)5-8(9)10(13)6-14-11/h3-5,10,13H,6H2,1-2H3/t10-/m1/s1. The van der Waals surface area contributed by atoms with E-state index in [1.807, 2.05) is 32.0 Å². The highest BCUT2D eigenvalue weighted by molar-refractivity contribution is 9.10. The van der Waals surface area contributed by atoms with Gasteiger partial charge < -0.3 is 9.84 Å². The summed E-state index contributed by atoms with van der Waals surface area (Å²) >= 11 is 3.40. The molecule has 0 radical (unpaired) electrons. The Bertz CT molecular complexity index is 360. The van der Waals surface area contributed by atoms with Crippen molar-refractivity contribution in [2.75, 3.05) is 6.61 Å². The molecule has 1 aliphatic rings. The molecule has 14 heavy (non-hydrogen) atoms. The third kappa shape index (κ3) is 1.60. The Morgan fingerprint density at radius 1 is 1.50 bits per heavy atom. The molecule has 1 heterocycles. The van der Waals surface area contributed by atoms with Crippen LogP contribution in [0.4, 0.5) is 0 Å². The zero-order valence-electron chi connectivity index (χ0n) is 8.25. The van der Waals surface area contributed by atoms with Gasteiger partial charge in [0.15, 0.2) is 0 Å². The van der Waals surface area contributed by atoms with Crippen molar-refractivity contribution in [2.24, 2.45) is 0 Å². The van der Waals surface area contributed by atoms with Crippen LogP contribution in [0.15, 0.2) is 22.7 Å². The third-order valence-electron chi connectivity index (χ3n) is 2.62. The van der Waals surface area contributed by atoms with Crippen LogP contribution in [0.2, 0.25) is 0 Å². The smallest absolute Gasteiger partial charge is 0.103 e. The lowest BCUT2D eigenvalue weighted by molar-refractivity contribution is -0.0825. The van der Waals surface area contributed by atoms with E-state index >= 15 is 0 Å². The molecular weight excluding hydrogens is 244 g/mol. The van der Waals surface area contributed by atoms with Gasteiger partial charge in [-0.15, -0.1) is 0 Å². The molecule has 0 fully saturated rings. The zero-order chi connectivity index (χ0) is 10.3. The van der Waals surface area contributed by atoms with Gasteiger partial charge in [-0.1, -0.05) is 22.0 Å². The molecule has 2 nitrogen and oxygen atoms in total. The van der Waals surface area contributed by atoms with Crippen molar-refractivity contribution in [1.82, 2.24) is 0 Å². The molecule has 1 aromatic rings. The lowest BCUT2D eigenvalue weighted by Gasteiger charge is -2.35. The van der Waals surface area contributed by atoms with E-state index in [0.717, 1.165) is 15.6 Å². The van der Waals surface area contributed by atoms with E-state index in [0.29, 0.717) is 6.61 Å². The van der Waals surface area contributed by atoms with Gasteiger partial charge in [0.25, 0.3) is 0 Å². The number of hydrogen-bond donors (Lipinski definition) is 1. The number of rotatable bonds is 0. The summed E-state index contributed by atoms with van der Waals surface area (Å²) < 4.78 is 6.57. The van der Waals surface area contributed by atoms with Gasteiger partial charge in [-0.3, -0.25) is 0 Å². The van der Waals surface area contributed by atoms with Crippen LogP contribution < -0.4 is 0 Å². The first-order valence-corrected chi connectivity index (χ1v) is 5.42. The van der Waals surface area contributed by atoms with E-state index in [1.54, 1.807) is 0 Å². The minimum atomic E-state index is -0.504. The highest BCUT2D eigenvalue weighted by Gasteiger charge is 2.32. The summed E-state index contributed by atoms with van der Waals surface area (Å²) in [7, 11) is 0. The molecule has 1 aromatic carbocycles. The SMILES string of the molecule is CC1(C)OC[C@@H](O)c2cc(Br)ccc21. The maximum absolute atomic E-state index is 9.77. The second-order valence-corrected chi connectivity index (χ2v) is 4.98. The van der Waals surface area contributed by atoms with Gasteiger partial charge in [-0.2, -0.15) is 0 Å². The molecule has 0 saturated carbocycles. The monoisotopic (exact) mass is 256 g/mol. The molecule has 0 aliphatic carbocycles. The second kappa shape index (κ2) is 3.33. The van der Waals surface area contributed by atoms with Gasteiger partial charge in [0.2, 0.25) is 0 Å². The number of aliphatic hydroxyl groups is 1. The van der Waals surface area contributed by atoms with Crippen LogP contribution in [-0.4, -0.2) is 11.7 Å². The van der Waals surface area contributed by atoms with Crippen molar-refractivity contribution < 1.29 is 9.84 Å². The average Bonchev–Trinajstić information content (AvgIpc) is 2.12. The fourth-order valence-corrected chi connectivity index (χ4v) is 2.19. The van der Waals surface area contributed by atoms with Crippen molar-refractivity contribution >= 4 is 15.9 Å². The number of halogens is 1. The third-order valence-corrected chi connectivity index (χ3v) is 3.12. The summed E-state index contributed by atoms with van der Waals surface area (Å²) in [6.07, 6.45) is -0.504. The molecule has 0 unspecified atom stereocenters. The predicted molar refractivity (Wildman–Crippen MR) is 58.1 cm³/mol. The van der Waals surface area contributed by atoms with Crippen LogP contribution >= 0.6 is 15.9 Å². The van der Waals surface area contributed by atoms with Crippen LogP contribution in [0.1, 0.15) is 31.1 Å². The van der Waals surface area contributed by atoms with Crippen LogP contribution in [0.3, 0.4) is 0 Å². The van der Waals surface area contributed by atoms with E-state index in [2.05, 4.69) is 15.9 Å². The Morgan fingerprint density at radius 2 is 2.21 bits per heavy atom. The van der Waals surface area contributed by atoms with Crippen LogP contribution in [-0.2, 0) is 10.3 Å². The normalized spacial score (nSPS) is 24.4. The Balaban J connectivity index is 2.57. The first-order valence-electron chi connectivity index (χ1n) is 4.62. The number of fused-ring (bicyclic) bond motifs is 1. The maximum Gasteiger partial charge on any atom is 0.103 e. The minimum absolute atomic E-state index is 0.296. The number of hydrogen-bond acceptors (Lipinski definition) is 2. The zero-order valence-corrected chi connectivity index (χ0v) is 9.84. The Kier molecular flexibility index (Phi) is 2.41. The molecule has 1 atom stereocenters. The molecule has 3 heteroatoms. The van der Waals surface area contributed by atoms with Gasteiger partial charge in [0.05, 0.1) is 12.2 Å². The first-order chi connectivity index (χ1) is 6.50. The van der Waals surface area contributed by atoms with Gasteiger partial charge in [0.1, 0.15) is 6.10 Å². The van der Waals surface area contributed by atoms with Crippen molar-refractivity contribution in [1.29, 1.82) is 0 Å². The molecule has 0 amide bonds. The fourth-order valence-electron chi connectivity index (χ4n) is 1.81. The summed E-state index contributed by atoms with van der Waals surface area (Å²) in [6.45, 7) is 4.41. The summed E-state index contributed by atoms with van der Waals surface area (Å²) in [5.41, 5.74) is 1.74. The van der Waals surface area contributed by atoms with E-state index < -0.39 is 6.10 Å². The molecule has 0 bridgehead atoms. The Labute approximate surface area is 92.0 Å². The summed E-state index contributed by atoms with van der Waals surface area (Å²) in [4.78, 5) is 0. The summed E-state index contributed by atoms with van der Waals surface area (Å²) in [6, 6.07) is 5.94. The maximum atomic E-state index is 9.77. The van der Waals surface area contributed by atoms with Gasteiger partial charge >= 0.3 is 0 Å². The first kappa shape index (κ1) is 10.1. The van der Waals surface area contributed by atoms with Crippen molar-refractivity contribution in [3.8, 4) is 0 Å². The molecular formula is C11H13BrO2. The number of benzene rings is 1. The molecule has 0 saturated heterocycles. The largest absolute Gasteiger partial charge is 0.386 e. The van der Waals surface area contributed by atoms with Crippen molar-refractivity contribution in [3.05, 3.63) is 33.8 Å². The number of ether oxygens (including phenoxy) is 1. The summed E-state index contributed by atoms with van der Waals surface area (Å²) in [5.74, 6) is 0. The molecule has 2 rings (SSSR count). The average molecular weight is 257 g/mol. The van der Waals surface area contributed by atoms with Crippen LogP contribution in [0, 0.1) is 0 Å². The molecule has 1 aliphatic heterocycles. The predicted octanol–water partition coefficient (Wildman–Crippen LogP) is 2.75. The highest BCUT2D eigenvalue weighted by atomic mass is 79.9. The quantitative estimate of drug-likeness (QED) is 0.774. The minimum Gasteiger partial charge on any atom is -0.386 e. The molecule has 0 aromatic heterocycles. The van der Waals surface area contributed by atoms with Crippen molar-refractivity contribution in [2.45, 2.75) is 25.6 Å². The Morgan fingerprint density at radius 3 is 2.93 bits per heavy atom. The lowest BCUT2D eigenvalue weighted by atomic mass is 9.88. The molecule has 1 N–H and O–H groups in total. The van der Waals surface area contributed by atoms with Gasteiger partial charge in [-0.25, -0.2) is 0 Å². The molecule has 0 spiro atoms. The number of aliphatic hydroxyl groups excluding tert-OH is 1.